The molecule has 0 aliphatic heterocycles. The van der Waals surface area contributed by atoms with Crippen LogP contribution in [0.25, 0.3) is 0 Å². The lowest BCUT2D eigenvalue weighted by Gasteiger charge is -2.03. The van der Waals surface area contributed by atoms with Crippen LogP contribution in [-0.2, 0) is 0 Å². The van der Waals surface area contributed by atoms with Crippen LogP contribution in [0.3, 0.4) is 0 Å². The molecule has 1 nitrogen and oxygen atoms in total. The van der Waals surface area contributed by atoms with Crippen molar-refractivity contribution in [1.82, 2.24) is 0 Å². The van der Waals surface area contributed by atoms with Gasteiger partial charge in [-0.3, -0.25) is 0 Å². The van der Waals surface area contributed by atoms with E-state index >= 15 is 0 Å². The summed E-state index contributed by atoms with van der Waals surface area (Å²) in [6, 6.07) is 0. The van der Waals surface area contributed by atoms with Crippen molar-refractivity contribution in [2.75, 3.05) is 26.3 Å². The van der Waals surface area contributed by atoms with Crippen LogP contribution in [-0.4, -0.2) is 31.4 Å². The number of hydrogen-bond donors (Lipinski definition) is 1. The van der Waals surface area contributed by atoms with Gasteiger partial charge in [-0.05, 0) is 0 Å². The van der Waals surface area contributed by atoms with Gasteiger partial charge in [-0.1, -0.05) is 0 Å². The topological polar surface area (TPSA) is 20.2 Å². The summed E-state index contributed by atoms with van der Waals surface area (Å²) in [4.78, 5) is 0. The molecule has 0 unspecified atom stereocenters. The first kappa shape index (κ1) is 6.39. The average Bonchev–Trinajstić information content (AvgIpc) is 1.35. The van der Waals surface area contributed by atoms with Crippen LogP contribution in [0.2, 0.25) is 0 Å². The predicted octanol–water partition coefficient (Wildman–Crippen LogP) is 0.843. The number of rotatable bonds is 1. The highest BCUT2D eigenvalue weighted by molar-refractivity contribution is 7.73. The Hall–Kier alpha value is 0.390. The van der Waals surface area contributed by atoms with Gasteiger partial charge in [-0.25, -0.2) is 0 Å². The summed E-state index contributed by atoms with van der Waals surface area (Å²) in [6.45, 7) is 6.31. The van der Waals surface area contributed by atoms with E-state index in [2.05, 4.69) is 20.0 Å². The monoisotopic (exact) mass is 107 g/mol. The van der Waals surface area contributed by atoms with Gasteiger partial charge in [0.25, 0.3) is 0 Å². The van der Waals surface area contributed by atoms with Crippen LogP contribution in [0.15, 0.2) is 0 Å². The van der Waals surface area contributed by atoms with E-state index in [0.717, 1.165) is 0 Å². The summed E-state index contributed by atoms with van der Waals surface area (Å²) in [5.74, 6) is 0. The van der Waals surface area contributed by atoms with Crippen molar-refractivity contribution in [1.29, 1.82) is 0 Å². The van der Waals surface area contributed by atoms with E-state index in [4.69, 9.17) is 5.11 Å². The van der Waals surface area contributed by atoms with Crippen molar-refractivity contribution in [3.8, 4) is 0 Å². The van der Waals surface area contributed by atoms with Crippen LogP contribution < -0.4 is 0 Å². The lowest BCUT2D eigenvalue weighted by molar-refractivity contribution is 0.368. The maximum Gasteiger partial charge on any atom is 0.153 e. The molecular formula is C4H12OP+. The van der Waals surface area contributed by atoms with E-state index in [1.807, 2.05) is 0 Å². The first-order chi connectivity index (χ1) is 2.56. The van der Waals surface area contributed by atoms with Crippen molar-refractivity contribution in [3.05, 3.63) is 0 Å². The summed E-state index contributed by atoms with van der Waals surface area (Å²) >= 11 is 0. The zero-order chi connectivity index (χ0) is 5.21. The van der Waals surface area contributed by atoms with Gasteiger partial charge in [-0.15, -0.1) is 0 Å². The number of hydrogen-bond acceptors (Lipinski definition) is 1. The van der Waals surface area contributed by atoms with Gasteiger partial charge in [-0.2, -0.15) is 0 Å². The Balaban J connectivity index is 3.17. The standard InChI is InChI=1S/C4H12OP/c1-6(2,3)4-5/h5H,4H2,1-3H3/q+1. The average molecular weight is 107 g/mol. The molecule has 0 saturated heterocycles. The molecule has 0 rings (SSSR count). The Morgan fingerprint density at radius 2 is 1.50 bits per heavy atom. The summed E-state index contributed by atoms with van der Waals surface area (Å²) < 4.78 is 0. The quantitative estimate of drug-likeness (QED) is 0.492. The van der Waals surface area contributed by atoms with Crippen molar-refractivity contribution < 1.29 is 5.11 Å². The first-order valence-corrected chi connectivity index (χ1v) is 5.29. The second kappa shape index (κ2) is 1.90. The van der Waals surface area contributed by atoms with Gasteiger partial charge in [0.1, 0.15) is 0 Å². The van der Waals surface area contributed by atoms with Crippen molar-refractivity contribution in [2.24, 2.45) is 0 Å². The summed E-state index contributed by atoms with van der Waals surface area (Å²) in [5.41, 5.74) is 0. The minimum atomic E-state index is -0.841. The molecule has 0 atom stereocenters. The first-order valence-electron chi connectivity index (χ1n) is 1.97. The molecule has 0 aromatic heterocycles. The van der Waals surface area contributed by atoms with Gasteiger partial charge in [0.15, 0.2) is 6.35 Å². The van der Waals surface area contributed by atoms with E-state index in [1.165, 1.54) is 0 Å². The summed E-state index contributed by atoms with van der Waals surface area (Å²) in [7, 11) is -0.841. The van der Waals surface area contributed by atoms with E-state index in [9.17, 15) is 0 Å². The van der Waals surface area contributed by atoms with Crippen LogP contribution in [0.1, 0.15) is 0 Å². The molecule has 0 radical (unpaired) electrons. The normalized spacial score (nSPS) is 12.0. The molecule has 0 bridgehead atoms. The second-order valence-corrected chi connectivity index (χ2v) is 7.30. The SMILES string of the molecule is C[P+](C)(C)CO. The third-order valence-electron chi connectivity index (χ3n) is 0.424. The second-order valence-electron chi connectivity index (χ2n) is 2.43. The Labute approximate surface area is 39.7 Å². The number of aliphatic hydroxyl groups is 1. The predicted molar refractivity (Wildman–Crippen MR) is 31.8 cm³/mol. The molecule has 6 heavy (non-hydrogen) atoms. The highest BCUT2D eigenvalue weighted by Crippen LogP contribution is 2.44. The highest BCUT2D eigenvalue weighted by atomic mass is 31.2. The molecule has 0 amide bonds. The molecule has 2 heteroatoms. The van der Waals surface area contributed by atoms with Crippen LogP contribution >= 0.6 is 7.26 Å². The molecule has 0 aromatic rings. The smallest absolute Gasteiger partial charge is 0.153 e. The Bertz CT molecular complexity index is 37.3. The molecule has 0 fully saturated rings. The fourth-order valence-corrected chi connectivity index (χ4v) is 0. The maximum absolute atomic E-state index is 8.45. The minimum Gasteiger partial charge on any atom is -0.362 e. The van der Waals surface area contributed by atoms with Crippen LogP contribution in [0.5, 0.6) is 0 Å². The van der Waals surface area contributed by atoms with Crippen LogP contribution in [0, 0.1) is 0 Å². The van der Waals surface area contributed by atoms with Crippen molar-refractivity contribution in [2.45, 2.75) is 0 Å². The molecule has 0 aliphatic carbocycles. The molecule has 0 saturated carbocycles. The van der Waals surface area contributed by atoms with Gasteiger partial charge < -0.3 is 5.11 Å². The van der Waals surface area contributed by atoms with E-state index in [0.29, 0.717) is 6.35 Å². The zero-order valence-corrected chi connectivity index (χ0v) is 5.50. The zero-order valence-electron chi connectivity index (χ0n) is 4.60. The number of aliphatic hydroxyl groups excluding tert-OH is 1. The molecule has 0 aliphatic rings. The Morgan fingerprint density at radius 3 is 1.50 bits per heavy atom. The lowest BCUT2D eigenvalue weighted by Crippen LogP contribution is -1.88. The molecule has 38 valence electrons. The van der Waals surface area contributed by atoms with Gasteiger partial charge in [0, 0.05) is 7.26 Å². The Kier molecular flexibility index (Phi) is 2.03. The molecule has 0 heterocycles. The largest absolute Gasteiger partial charge is 0.362 e. The van der Waals surface area contributed by atoms with E-state index in [1.54, 1.807) is 0 Å². The van der Waals surface area contributed by atoms with Gasteiger partial charge >= 0.3 is 0 Å². The molecule has 0 spiro atoms. The lowest BCUT2D eigenvalue weighted by atomic mass is 11.7. The van der Waals surface area contributed by atoms with Gasteiger partial charge in [0.05, 0.1) is 20.0 Å². The summed E-state index contributed by atoms with van der Waals surface area (Å²) in [5, 5.41) is 8.45. The van der Waals surface area contributed by atoms with E-state index in [-0.39, 0.29) is 0 Å². The fourth-order valence-electron chi connectivity index (χ4n) is 0. The molecule has 0 aromatic carbocycles. The van der Waals surface area contributed by atoms with E-state index < -0.39 is 7.26 Å². The minimum absolute atomic E-state index is 0.382. The fraction of sp³-hybridized carbons (Fsp3) is 1.00. The third kappa shape index (κ3) is 4.39. The highest BCUT2D eigenvalue weighted by Gasteiger charge is 2.12. The van der Waals surface area contributed by atoms with Crippen molar-refractivity contribution >= 4 is 7.26 Å². The molecular weight excluding hydrogens is 95.0 g/mol. The van der Waals surface area contributed by atoms with Crippen LogP contribution in [0.4, 0.5) is 0 Å². The molecule has 1 N–H and O–H groups in total. The summed E-state index contributed by atoms with van der Waals surface area (Å²) in [6.07, 6.45) is 0.382. The third-order valence-corrected chi connectivity index (χ3v) is 1.27. The Morgan fingerprint density at radius 1 is 1.33 bits per heavy atom. The van der Waals surface area contributed by atoms with Crippen molar-refractivity contribution in [3.63, 3.8) is 0 Å². The van der Waals surface area contributed by atoms with Gasteiger partial charge in [0.2, 0.25) is 0 Å². The maximum atomic E-state index is 8.45.